The number of halogens is 3. The summed E-state index contributed by atoms with van der Waals surface area (Å²) in [6.07, 6.45) is -2.57. The van der Waals surface area contributed by atoms with Gasteiger partial charge in [-0.3, -0.25) is 0 Å². The maximum atomic E-state index is 12.9. The molecule has 1 aromatic heterocycles. The molecule has 0 saturated heterocycles. The quantitative estimate of drug-likeness (QED) is 0.889. The van der Waals surface area contributed by atoms with E-state index in [0.717, 1.165) is 0 Å². The Morgan fingerprint density at radius 2 is 2.06 bits per heavy atom. The second kappa shape index (κ2) is 4.79. The van der Waals surface area contributed by atoms with Crippen LogP contribution in [-0.4, -0.2) is 13.0 Å². The fourth-order valence-corrected chi connectivity index (χ4v) is 1.72. The molecule has 17 heavy (non-hydrogen) atoms. The Balaban J connectivity index is 2.40. The van der Waals surface area contributed by atoms with Crippen molar-refractivity contribution in [2.75, 3.05) is 6.54 Å². The van der Waals surface area contributed by atoms with Gasteiger partial charge in [-0.1, -0.05) is 6.92 Å². The van der Waals surface area contributed by atoms with Crippen LogP contribution in [0.3, 0.4) is 0 Å². The molecule has 0 spiro atoms. The fourth-order valence-electron chi connectivity index (χ4n) is 1.72. The minimum Gasteiger partial charge on any atom is -0.459 e. The zero-order valence-electron chi connectivity index (χ0n) is 9.21. The molecule has 1 atom stereocenters. The van der Waals surface area contributed by atoms with Crippen LogP contribution in [0.2, 0.25) is 0 Å². The van der Waals surface area contributed by atoms with Gasteiger partial charge in [0.25, 0.3) is 6.43 Å². The molecular formula is C12H12F3NO. The van der Waals surface area contributed by atoms with Crippen LogP contribution in [0.1, 0.15) is 18.7 Å². The van der Waals surface area contributed by atoms with E-state index in [9.17, 15) is 13.2 Å². The Bertz CT molecular complexity index is 509. The third-order valence-electron chi connectivity index (χ3n) is 2.48. The summed E-state index contributed by atoms with van der Waals surface area (Å²) in [5.41, 5.74) is 0.407. The largest absolute Gasteiger partial charge is 0.459 e. The predicted molar refractivity (Wildman–Crippen MR) is 58.6 cm³/mol. The van der Waals surface area contributed by atoms with Gasteiger partial charge >= 0.3 is 0 Å². The topological polar surface area (TPSA) is 25.2 Å². The normalized spacial score (nSPS) is 13.5. The molecule has 5 heteroatoms. The standard InChI is InChI=1S/C12H12F3NO/c1-2-16-11(12(14)15)10-6-7-5-8(13)3-4-9(7)17-10/h3-6,11-12,16H,2H2,1H3. The lowest BCUT2D eigenvalue weighted by molar-refractivity contribution is 0.0897. The zero-order valence-corrected chi connectivity index (χ0v) is 9.21. The summed E-state index contributed by atoms with van der Waals surface area (Å²) in [6.45, 7) is 2.14. The summed E-state index contributed by atoms with van der Waals surface area (Å²) in [4.78, 5) is 0. The average molecular weight is 243 g/mol. The first-order chi connectivity index (χ1) is 8.11. The molecule has 1 heterocycles. The van der Waals surface area contributed by atoms with Crippen molar-refractivity contribution < 1.29 is 17.6 Å². The second-order valence-corrected chi connectivity index (χ2v) is 3.70. The number of rotatable bonds is 4. The lowest BCUT2D eigenvalue weighted by atomic mass is 10.2. The van der Waals surface area contributed by atoms with E-state index in [-0.39, 0.29) is 5.76 Å². The molecule has 0 radical (unpaired) electrons. The number of alkyl halides is 2. The molecule has 0 fully saturated rings. The van der Waals surface area contributed by atoms with Crippen LogP contribution in [0, 0.1) is 5.82 Å². The SMILES string of the molecule is CCNC(c1cc2cc(F)ccc2o1)C(F)F. The Labute approximate surface area is 96.4 Å². The van der Waals surface area contributed by atoms with Crippen molar-refractivity contribution >= 4 is 11.0 Å². The number of nitrogens with one attached hydrogen (secondary N) is 1. The summed E-state index contributed by atoms with van der Waals surface area (Å²) < 4.78 is 43.8. The smallest absolute Gasteiger partial charge is 0.260 e. The maximum Gasteiger partial charge on any atom is 0.260 e. The summed E-state index contributed by atoms with van der Waals surface area (Å²) in [7, 11) is 0. The highest BCUT2D eigenvalue weighted by molar-refractivity contribution is 5.78. The van der Waals surface area contributed by atoms with Crippen molar-refractivity contribution in [1.29, 1.82) is 0 Å². The van der Waals surface area contributed by atoms with Crippen molar-refractivity contribution in [2.24, 2.45) is 0 Å². The number of hydrogen-bond donors (Lipinski definition) is 1. The average Bonchev–Trinajstić information content (AvgIpc) is 2.67. The molecule has 1 N–H and O–H groups in total. The predicted octanol–water partition coefficient (Wildman–Crippen LogP) is 3.49. The van der Waals surface area contributed by atoms with Crippen LogP contribution in [0.25, 0.3) is 11.0 Å². The Hall–Kier alpha value is -1.49. The van der Waals surface area contributed by atoms with Crippen molar-refractivity contribution in [1.82, 2.24) is 5.32 Å². The first-order valence-electron chi connectivity index (χ1n) is 5.32. The zero-order chi connectivity index (χ0) is 12.4. The third-order valence-corrected chi connectivity index (χ3v) is 2.48. The monoisotopic (exact) mass is 243 g/mol. The van der Waals surface area contributed by atoms with E-state index < -0.39 is 18.3 Å². The Kier molecular flexibility index (Phi) is 3.38. The molecule has 92 valence electrons. The third kappa shape index (κ3) is 2.44. The fraction of sp³-hybridized carbons (Fsp3) is 0.333. The second-order valence-electron chi connectivity index (χ2n) is 3.70. The lowest BCUT2D eigenvalue weighted by Crippen LogP contribution is -2.26. The number of benzene rings is 1. The number of fused-ring (bicyclic) bond motifs is 1. The van der Waals surface area contributed by atoms with Gasteiger partial charge in [-0.25, -0.2) is 13.2 Å². The van der Waals surface area contributed by atoms with E-state index in [2.05, 4.69) is 5.32 Å². The van der Waals surface area contributed by atoms with Gasteiger partial charge in [0.2, 0.25) is 0 Å². The molecule has 2 aromatic rings. The molecule has 1 unspecified atom stereocenters. The van der Waals surface area contributed by atoms with E-state index in [0.29, 0.717) is 17.5 Å². The van der Waals surface area contributed by atoms with Gasteiger partial charge in [-0.05, 0) is 30.8 Å². The molecule has 0 saturated carbocycles. The summed E-state index contributed by atoms with van der Waals surface area (Å²) >= 11 is 0. The first kappa shape index (κ1) is 12.0. The van der Waals surface area contributed by atoms with Crippen LogP contribution < -0.4 is 5.32 Å². The highest BCUT2D eigenvalue weighted by Gasteiger charge is 2.24. The minimum atomic E-state index is -2.57. The molecule has 0 aliphatic heterocycles. The van der Waals surface area contributed by atoms with E-state index in [1.165, 1.54) is 24.3 Å². The molecule has 0 aliphatic carbocycles. The minimum absolute atomic E-state index is 0.127. The van der Waals surface area contributed by atoms with Gasteiger partial charge < -0.3 is 9.73 Å². The van der Waals surface area contributed by atoms with Gasteiger partial charge in [0, 0.05) is 5.39 Å². The van der Waals surface area contributed by atoms with Crippen LogP contribution in [-0.2, 0) is 0 Å². The van der Waals surface area contributed by atoms with E-state index in [4.69, 9.17) is 4.42 Å². The van der Waals surface area contributed by atoms with E-state index in [1.54, 1.807) is 6.92 Å². The number of hydrogen-bond acceptors (Lipinski definition) is 2. The van der Waals surface area contributed by atoms with Gasteiger partial charge in [0.1, 0.15) is 23.2 Å². The van der Waals surface area contributed by atoms with Gasteiger partial charge in [-0.2, -0.15) is 0 Å². The molecule has 0 amide bonds. The van der Waals surface area contributed by atoms with Crippen molar-refractivity contribution in [3.63, 3.8) is 0 Å². The van der Waals surface area contributed by atoms with Gasteiger partial charge in [0.15, 0.2) is 0 Å². The van der Waals surface area contributed by atoms with E-state index >= 15 is 0 Å². The molecule has 1 aromatic carbocycles. The molecule has 2 nitrogen and oxygen atoms in total. The van der Waals surface area contributed by atoms with E-state index in [1.807, 2.05) is 0 Å². The molecule has 0 aliphatic rings. The number of furan rings is 1. The molecular weight excluding hydrogens is 231 g/mol. The van der Waals surface area contributed by atoms with Crippen LogP contribution in [0.5, 0.6) is 0 Å². The highest BCUT2D eigenvalue weighted by atomic mass is 19.3. The lowest BCUT2D eigenvalue weighted by Gasteiger charge is -2.13. The van der Waals surface area contributed by atoms with Crippen molar-refractivity contribution in [2.45, 2.75) is 19.4 Å². The van der Waals surface area contributed by atoms with Gasteiger partial charge in [0.05, 0.1) is 0 Å². The molecule has 0 bridgehead atoms. The maximum absolute atomic E-state index is 12.9. The van der Waals surface area contributed by atoms with Crippen LogP contribution >= 0.6 is 0 Å². The van der Waals surface area contributed by atoms with Crippen LogP contribution in [0.15, 0.2) is 28.7 Å². The summed E-state index contributed by atoms with van der Waals surface area (Å²) in [6, 6.07) is 4.22. The summed E-state index contributed by atoms with van der Waals surface area (Å²) in [5, 5.41) is 3.13. The summed E-state index contributed by atoms with van der Waals surface area (Å²) in [5.74, 6) is -0.288. The highest BCUT2D eigenvalue weighted by Crippen LogP contribution is 2.27. The Morgan fingerprint density at radius 3 is 2.71 bits per heavy atom. The van der Waals surface area contributed by atoms with Crippen molar-refractivity contribution in [3.8, 4) is 0 Å². The van der Waals surface area contributed by atoms with Crippen LogP contribution in [0.4, 0.5) is 13.2 Å². The first-order valence-corrected chi connectivity index (χ1v) is 5.32. The van der Waals surface area contributed by atoms with Gasteiger partial charge in [-0.15, -0.1) is 0 Å². The molecule has 2 rings (SSSR count). The van der Waals surface area contributed by atoms with Crippen molar-refractivity contribution in [3.05, 3.63) is 35.8 Å². The Morgan fingerprint density at radius 1 is 1.29 bits per heavy atom.